The lowest BCUT2D eigenvalue weighted by Gasteiger charge is -2.09. The molecule has 0 aromatic heterocycles. The number of nitrogens with one attached hydrogen (secondary N) is 1. The van der Waals surface area contributed by atoms with Gasteiger partial charge in [0.05, 0.1) is 27.7 Å². The Balaban J connectivity index is 2.26. The SMILES string of the molecule is CCOC(=O)c1ccc(S(=O)(=O)Nc2ccc(F)c([N+](=O)[O-])c2)cc1. The van der Waals surface area contributed by atoms with Crippen molar-refractivity contribution in [3.8, 4) is 0 Å². The molecule has 10 heteroatoms. The molecule has 0 bridgehead atoms. The molecule has 0 atom stereocenters. The van der Waals surface area contributed by atoms with Crippen LogP contribution in [0.15, 0.2) is 47.4 Å². The van der Waals surface area contributed by atoms with Gasteiger partial charge in [-0.1, -0.05) is 0 Å². The molecule has 132 valence electrons. The first-order valence-corrected chi connectivity index (χ1v) is 8.47. The number of rotatable bonds is 6. The summed E-state index contributed by atoms with van der Waals surface area (Å²) in [5.74, 6) is -1.67. The summed E-state index contributed by atoms with van der Waals surface area (Å²) in [4.78, 5) is 21.1. The Morgan fingerprint density at radius 2 is 1.88 bits per heavy atom. The maximum absolute atomic E-state index is 13.3. The monoisotopic (exact) mass is 368 g/mol. The molecule has 0 aliphatic carbocycles. The number of hydrogen-bond donors (Lipinski definition) is 1. The molecule has 2 aromatic carbocycles. The Morgan fingerprint density at radius 1 is 1.24 bits per heavy atom. The molecule has 2 aromatic rings. The van der Waals surface area contributed by atoms with Crippen molar-refractivity contribution in [1.29, 1.82) is 0 Å². The van der Waals surface area contributed by atoms with Gasteiger partial charge >= 0.3 is 11.7 Å². The highest BCUT2D eigenvalue weighted by Gasteiger charge is 2.19. The molecule has 0 spiro atoms. The second-order valence-corrected chi connectivity index (χ2v) is 6.46. The van der Waals surface area contributed by atoms with Crippen molar-refractivity contribution in [2.45, 2.75) is 11.8 Å². The molecular formula is C15H13FN2O6S. The van der Waals surface area contributed by atoms with Crippen molar-refractivity contribution < 1.29 is 27.3 Å². The summed E-state index contributed by atoms with van der Waals surface area (Å²) in [5.41, 5.74) is -0.835. The van der Waals surface area contributed by atoms with E-state index in [0.717, 1.165) is 18.2 Å². The first kappa shape index (κ1) is 18.3. The Morgan fingerprint density at radius 3 is 2.44 bits per heavy atom. The second-order valence-electron chi connectivity index (χ2n) is 4.77. The molecular weight excluding hydrogens is 355 g/mol. The summed E-state index contributed by atoms with van der Waals surface area (Å²) >= 11 is 0. The van der Waals surface area contributed by atoms with Gasteiger partial charge in [0.1, 0.15) is 0 Å². The quantitative estimate of drug-likeness (QED) is 0.476. The molecule has 0 saturated heterocycles. The van der Waals surface area contributed by atoms with Crippen molar-refractivity contribution in [3.05, 3.63) is 64.0 Å². The van der Waals surface area contributed by atoms with Crippen LogP contribution in [-0.4, -0.2) is 25.9 Å². The van der Waals surface area contributed by atoms with Crippen molar-refractivity contribution in [2.24, 2.45) is 0 Å². The molecule has 0 radical (unpaired) electrons. The topological polar surface area (TPSA) is 116 Å². The van der Waals surface area contributed by atoms with Crippen molar-refractivity contribution in [1.82, 2.24) is 0 Å². The Labute approximate surface area is 142 Å². The van der Waals surface area contributed by atoms with Gasteiger partial charge in [-0.2, -0.15) is 4.39 Å². The van der Waals surface area contributed by atoms with Crippen LogP contribution in [0.4, 0.5) is 15.8 Å². The fourth-order valence-corrected chi connectivity index (χ4v) is 2.96. The zero-order valence-corrected chi connectivity index (χ0v) is 13.7. The minimum atomic E-state index is -4.07. The van der Waals surface area contributed by atoms with E-state index in [-0.39, 0.29) is 22.8 Å². The highest BCUT2D eigenvalue weighted by molar-refractivity contribution is 7.92. The average molecular weight is 368 g/mol. The molecule has 0 unspecified atom stereocenters. The van der Waals surface area contributed by atoms with E-state index in [1.165, 1.54) is 24.3 Å². The van der Waals surface area contributed by atoms with Crippen LogP contribution >= 0.6 is 0 Å². The van der Waals surface area contributed by atoms with Gasteiger partial charge in [0.25, 0.3) is 10.0 Å². The summed E-state index contributed by atoms with van der Waals surface area (Å²) < 4.78 is 44.8. The summed E-state index contributed by atoms with van der Waals surface area (Å²) in [7, 11) is -4.07. The largest absolute Gasteiger partial charge is 0.462 e. The van der Waals surface area contributed by atoms with Crippen LogP contribution in [0.25, 0.3) is 0 Å². The van der Waals surface area contributed by atoms with Crippen LogP contribution < -0.4 is 4.72 Å². The smallest absolute Gasteiger partial charge is 0.338 e. The lowest BCUT2D eigenvalue weighted by molar-refractivity contribution is -0.387. The number of ether oxygens (including phenoxy) is 1. The number of sulfonamides is 1. The predicted octanol–water partition coefficient (Wildman–Crippen LogP) is 2.71. The Hall–Kier alpha value is -3.01. The van der Waals surface area contributed by atoms with Gasteiger partial charge in [0.15, 0.2) is 0 Å². The standard InChI is InChI=1S/C15H13FN2O6S/c1-2-24-15(19)10-3-6-12(7-4-10)25(22,23)17-11-5-8-13(16)14(9-11)18(20)21/h3-9,17H,2H2,1H3. The maximum atomic E-state index is 13.3. The average Bonchev–Trinajstić information content (AvgIpc) is 2.56. The van der Waals surface area contributed by atoms with Gasteiger partial charge in [-0.05, 0) is 43.3 Å². The Kier molecular flexibility index (Phi) is 5.32. The number of halogens is 1. The van der Waals surface area contributed by atoms with E-state index in [1.54, 1.807) is 6.92 Å². The van der Waals surface area contributed by atoms with E-state index >= 15 is 0 Å². The molecule has 25 heavy (non-hydrogen) atoms. The molecule has 0 heterocycles. The van der Waals surface area contributed by atoms with Gasteiger partial charge in [-0.15, -0.1) is 0 Å². The number of carbonyl (C=O) groups excluding carboxylic acids is 1. The molecule has 0 aliphatic rings. The van der Waals surface area contributed by atoms with E-state index < -0.39 is 32.4 Å². The van der Waals surface area contributed by atoms with E-state index in [4.69, 9.17) is 4.74 Å². The van der Waals surface area contributed by atoms with Gasteiger partial charge in [-0.25, -0.2) is 13.2 Å². The third kappa shape index (κ3) is 4.29. The molecule has 2 rings (SSSR count). The summed E-state index contributed by atoms with van der Waals surface area (Å²) in [6.07, 6.45) is 0. The van der Waals surface area contributed by atoms with Crippen molar-refractivity contribution in [2.75, 3.05) is 11.3 Å². The first-order valence-electron chi connectivity index (χ1n) is 6.98. The zero-order chi connectivity index (χ0) is 18.6. The van der Waals surface area contributed by atoms with Gasteiger partial charge < -0.3 is 4.74 Å². The highest BCUT2D eigenvalue weighted by Crippen LogP contribution is 2.24. The highest BCUT2D eigenvalue weighted by atomic mass is 32.2. The van der Waals surface area contributed by atoms with E-state index in [2.05, 4.69) is 4.72 Å². The van der Waals surface area contributed by atoms with Crippen LogP contribution in [-0.2, 0) is 14.8 Å². The van der Waals surface area contributed by atoms with E-state index in [9.17, 15) is 27.7 Å². The molecule has 0 saturated carbocycles. The van der Waals surface area contributed by atoms with Crippen LogP contribution in [0.1, 0.15) is 17.3 Å². The van der Waals surface area contributed by atoms with Gasteiger partial charge in [-0.3, -0.25) is 14.8 Å². The summed E-state index contributed by atoms with van der Waals surface area (Å²) in [6.45, 7) is 1.83. The number of esters is 1. The van der Waals surface area contributed by atoms with Crippen molar-refractivity contribution in [3.63, 3.8) is 0 Å². The van der Waals surface area contributed by atoms with Crippen LogP contribution in [0.5, 0.6) is 0 Å². The number of nitro benzene ring substituents is 1. The minimum absolute atomic E-state index is 0.164. The van der Waals surface area contributed by atoms with Gasteiger partial charge in [0.2, 0.25) is 5.82 Å². The fourth-order valence-electron chi connectivity index (χ4n) is 1.91. The van der Waals surface area contributed by atoms with Crippen molar-refractivity contribution >= 4 is 27.4 Å². The first-order chi connectivity index (χ1) is 11.7. The third-order valence-corrected chi connectivity index (χ3v) is 4.47. The van der Waals surface area contributed by atoms with Crippen LogP contribution in [0.3, 0.4) is 0 Å². The van der Waals surface area contributed by atoms with Crippen LogP contribution in [0.2, 0.25) is 0 Å². The molecule has 0 aliphatic heterocycles. The summed E-state index contributed by atoms with van der Waals surface area (Å²) in [6, 6.07) is 7.56. The van der Waals surface area contributed by atoms with Gasteiger partial charge in [0, 0.05) is 6.07 Å². The molecule has 1 N–H and O–H groups in total. The lowest BCUT2D eigenvalue weighted by atomic mass is 10.2. The number of benzene rings is 2. The van der Waals surface area contributed by atoms with E-state index in [1.807, 2.05) is 0 Å². The van der Waals surface area contributed by atoms with E-state index in [0.29, 0.717) is 0 Å². The number of nitro groups is 1. The minimum Gasteiger partial charge on any atom is -0.462 e. The zero-order valence-electron chi connectivity index (χ0n) is 12.9. The third-order valence-electron chi connectivity index (χ3n) is 3.07. The number of hydrogen-bond acceptors (Lipinski definition) is 6. The normalized spacial score (nSPS) is 11.0. The molecule has 0 fully saturated rings. The molecule has 8 nitrogen and oxygen atoms in total. The number of carbonyl (C=O) groups is 1. The number of nitrogens with zero attached hydrogens (tertiary/aromatic N) is 1. The maximum Gasteiger partial charge on any atom is 0.338 e. The van der Waals surface area contributed by atoms with Crippen LogP contribution in [0, 0.1) is 15.9 Å². The molecule has 0 amide bonds. The Bertz CT molecular complexity index is 912. The number of anilines is 1. The summed E-state index contributed by atoms with van der Waals surface area (Å²) in [5, 5.41) is 10.7. The second kappa shape index (κ2) is 7.26. The predicted molar refractivity (Wildman–Crippen MR) is 86.3 cm³/mol. The lowest BCUT2D eigenvalue weighted by Crippen LogP contribution is -2.13. The fraction of sp³-hybridized carbons (Fsp3) is 0.133.